The summed E-state index contributed by atoms with van der Waals surface area (Å²) in [5, 5.41) is 0. The Hall–Kier alpha value is -0.300. The lowest BCUT2D eigenvalue weighted by atomic mass is 10.2. The molecule has 2 aromatic rings. The highest BCUT2D eigenvalue weighted by Crippen LogP contribution is 2.23. The summed E-state index contributed by atoms with van der Waals surface area (Å²) in [4.78, 5) is 0. The first kappa shape index (κ1) is 13.1. The Morgan fingerprint density at radius 3 is 1.29 bits per heavy atom. The predicted molar refractivity (Wildman–Crippen MR) is 88.4 cm³/mol. The van der Waals surface area contributed by atoms with E-state index in [2.05, 4.69) is 69.4 Å². The van der Waals surface area contributed by atoms with E-state index in [4.69, 9.17) is 4.74 Å². The summed E-state index contributed by atoms with van der Waals surface area (Å²) in [5.74, 6) is 1.78. The summed E-state index contributed by atoms with van der Waals surface area (Å²) in [5.41, 5.74) is 2.64. The lowest BCUT2D eigenvalue weighted by Gasteiger charge is -2.06. The molecule has 0 atom stereocenters. The lowest BCUT2D eigenvalue weighted by Crippen LogP contribution is -1.85. The second-order valence-corrected chi connectivity index (χ2v) is 5.18. The molecule has 0 radical (unpaired) electrons. The van der Waals surface area contributed by atoms with Crippen LogP contribution < -0.4 is 4.74 Å². The first-order valence-electron chi connectivity index (χ1n) is 5.29. The van der Waals surface area contributed by atoms with Crippen LogP contribution in [0.5, 0.6) is 11.5 Å². The normalized spacial score (nSPS) is 10.2. The molecule has 2 rings (SSSR count). The minimum absolute atomic E-state index is 0.890. The van der Waals surface area contributed by atoms with Gasteiger partial charge in [0, 0.05) is 8.86 Å². The maximum atomic E-state index is 5.77. The van der Waals surface area contributed by atoms with E-state index in [1.54, 1.807) is 0 Å². The molecule has 0 saturated heterocycles. The van der Waals surface area contributed by atoms with Gasteiger partial charge in [-0.3, -0.25) is 0 Å². The molecule has 0 aliphatic heterocycles. The number of hydrogen-bond acceptors (Lipinski definition) is 1. The number of hydrogen-bond donors (Lipinski definition) is 0. The molecule has 0 heterocycles. The maximum Gasteiger partial charge on any atom is 0.127 e. The third-order valence-corrected chi connectivity index (χ3v) is 4.15. The van der Waals surface area contributed by atoms with E-state index in [1.165, 1.54) is 11.1 Å². The Balaban J connectivity index is 2.08. The van der Waals surface area contributed by atoms with Gasteiger partial charge in [0.15, 0.2) is 0 Å². The van der Waals surface area contributed by atoms with Crippen molar-refractivity contribution in [3.8, 4) is 11.5 Å². The van der Waals surface area contributed by atoms with Crippen molar-refractivity contribution in [1.29, 1.82) is 0 Å². The third kappa shape index (κ3) is 3.84. The van der Waals surface area contributed by atoms with Gasteiger partial charge in [0.1, 0.15) is 11.5 Å². The summed E-state index contributed by atoms with van der Waals surface area (Å²) in [7, 11) is 0. The molecule has 2 aromatic carbocycles. The van der Waals surface area contributed by atoms with Crippen molar-refractivity contribution in [2.24, 2.45) is 0 Å². The molecule has 0 aromatic heterocycles. The summed E-state index contributed by atoms with van der Waals surface area (Å²) in [6.07, 6.45) is 0. The molecule has 0 amide bonds. The highest BCUT2D eigenvalue weighted by molar-refractivity contribution is 14.1. The van der Waals surface area contributed by atoms with Crippen LogP contribution in [0.1, 0.15) is 11.1 Å². The summed E-state index contributed by atoms with van der Waals surface area (Å²) < 4.78 is 7.83. The number of alkyl halides is 2. The van der Waals surface area contributed by atoms with Crippen LogP contribution in [0.25, 0.3) is 0 Å². The molecule has 0 unspecified atom stereocenters. The highest BCUT2D eigenvalue weighted by Gasteiger charge is 1.98. The Morgan fingerprint density at radius 1 is 0.647 bits per heavy atom. The van der Waals surface area contributed by atoms with Gasteiger partial charge in [0.25, 0.3) is 0 Å². The first-order chi connectivity index (χ1) is 8.31. The number of rotatable bonds is 4. The summed E-state index contributed by atoms with van der Waals surface area (Å²) in [6, 6.07) is 16.4. The lowest BCUT2D eigenvalue weighted by molar-refractivity contribution is 0.482. The van der Waals surface area contributed by atoms with Gasteiger partial charge in [-0.2, -0.15) is 0 Å². The fourth-order valence-corrected chi connectivity index (χ4v) is 2.45. The van der Waals surface area contributed by atoms with Crippen molar-refractivity contribution in [1.82, 2.24) is 0 Å². The van der Waals surface area contributed by atoms with Crippen LogP contribution in [-0.4, -0.2) is 0 Å². The fraction of sp³-hybridized carbons (Fsp3) is 0.143. The molecule has 88 valence electrons. The van der Waals surface area contributed by atoms with Crippen LogP contribution in [0, 0.1) is 0 Å². The summed E-state index contributed by atoms with van der Waals surface area (Å²) in [6.45, 7) is 0. The SMILES string of the molecule is ICc1ccc(Oc2ccc(CI)cc2)cc1. The number of halogens is 2. The highest BCUT2D eigenvalue weighted by atomic mass is 127. The van der Waals surface area contributed by atoms with Gasteiger partial charge in [-0.05, 0) is 35.4 Å². The fourth-order valence-electron chi connectivity index (χ4n) is 1.43. The van der Waals surface area contributed by atoms with Crippen LogP contribution in [-0.2, 0) is 8.86 Å². The molecule has 0 fully saturated rings. The predicted octanol–water partition coefficient (Wildman–Crippen LogP) is 5.35. The van der Waals surface area contributed by atoms with Gasteiger partial charge in [0.2, 0.25) is 0 Å². The minimum atomic E-state index is 0.890. The molecular formula is C14H12I2O. The molecule has 0 bridgehead atoms. The second kappa shape index (κ2) is 6.58. The van der Waals surface area contributed by atoms with Crippen LogP contribution in [0.3, 0.4) is 0 Å². The molecule has 17 heavy (non-hydrogen) atoms. The van der Waals surface area contributed by atoms with E-state index >= 15 is 0 Å². The zero-order valence-electron chi connectivity index (χ0n) is 9.20. The maximum absolute atomic E-state index is 5.77. The van der Waals surface area contributed by atoms with E-state index in [0.717, 1.165) is 20.4 Å². The van der Waals surface area contributed by atoms with E-state index in [9.17, 15) is 0 Å². The molecule has 0 N–H and O–H groups in total. The Labute approximate surface area is 129 Å². The zero-order chi connectivity index (χ0) is 12.1. The van der Waals surface area contributed by atoms with Gasteiger partial charge < -0.3 is 4.74 Å². The number of ether oxygens (including phenoxy) is 1. The Bertz CT molecular complexity index is 417. The molecular weight excluding hydrogens is 438 g/mol. The average Bonchev–Trinajstić information content (AvgIpc) is 2.40. The van der Waals surface area contributed by atoms with Crippen molar-refractivity contribution in [3.05, 3.63) is 59.7 Å². The second-order valence-electron chi connectivity index (χ2n) is 3.66. The molecule has 0 saturated carbocycles. The van der Waals surface area contributed by atoms with E-state index in [1.807, 2.05) is 24.3 Å². The van der Waals surface area contributed by atoms with E-state index in [-0.39, 0.29) is 0 Å². The van der Waals surface area contributed by atoms with Gasteiger partial charge in [0.05, 0.1) is 0 Å². The molecule has 0 aliphatic rings. The molecule has 0 aliphatic carbocycles. The smallest absolute Gasteiger partial charge is 0.127 e. The van der Waals surface area contributed by atoms with Crippen molar-refractivity contribution in [2.75, 3.05) is 0 Å². The van der Waals surface area contributed by atoms with Crippen molar-refractivity contribution in [3.63, 3.8) is 0 Å². The third-order valence-electron chi connectivity index (χ3n) is 2.39. The molecule has 1 nitrogen and oxygen atoms in total. The van der Waals surface area contributed by atoms with E-state index in [0.29, 0.717) is 0 Å². The van der Waals surface area contributed by atoms with Crippen molar-refractivity contribution < 1.29 is 4.74 Å². The van der Waals surface area contributed by atoms with Crippen LogP contribution in [0.2, 0.25) is 0 Å². The quantitative estimate of drug-likeness (QED) is 0.451. The van der Waals surface area contributed by atoms with Crippen molar-refractivity contribution >= 4 is 45.2 Å². The van der Waals surface area contributed by atoms with E-state index < -0.39 is 0 Å². The topological polar surface area (TPSA) is 9.23 Å². The molecule has 3 heteroatoms. The monoisotopic (exact) mass is 450 g/mol. The Kier molecular flexibility index (Phi) is 5.09. The van der Waals surface area contributed by atoms with Gasteiger partial charge in [-0.15, -0.1) is 0 Å². The minimum Gasteiger partial charge on any atom is -0.457 e. The van der Waals surface area contributed by atoms with Crippen LogP contribution in [0.4, 0.5) is 0 Å². The van der Waals surface area contributed by atoms with Crippen molar-refractivity contribution in [2.45, 2.75) is 8.86 Å². The Morgan fingerprint density at radius 2 is 1.00 bits per heavy atom. The largest absolute Gasteiger partial charge is 0.457 e. The van der Waals surface area contributed by atoms with Crippen LogP contribution >= 0.6 is 45.2 Å². The van der Waals surface area contributed by atoms with Gasteiger partial charge in [-0.1, -0.05) is 69.4 Å². The van der Waals surface area contributed by atoms with Gasteiger partial charge in [-0.25, -0.2) is 0 Å². The zero-order valence-corrected chi connectivity index (χ0v) is 13.5. The number of benzene rings is 2. The van der Waals surface area contributed by atoms with Gasteiger partial charge >= 0.3 is 0 Å². The summed E-state index contributed by atoms with van der Waals surface area (Å²) >= 11 is 4.71. The first-order valence-corrected chi connectivity index (χ1v) is 8.34. The average molecular weight is 450 g/mol. The molecule has 0 spiro atoms. The van der Waals surface area contributed by atoms with Crippen LogP contribution in [0.15, 0.2) is 48.5 Å². The standard InChI is InChI=1S/C14H12I2O/c15-9-11-1-5-13(6-2-11)17-14-7-3-12(10-16)4-8-14/h1-8H,9-10H2.